The van der Waals surface area contributed by atoms with E-state index in [0.29, 0.717) is 4.77 Å². The van der Waals surface area contributed by atoms with Gasteiger partial charge in [0, 0.05) is 12.7 Å². The number of nitrogens with zero attached hydrogens (tertiary/aromatic N) is 3. The lowest BCUT2D eigenvalue weighted by Crippen LogP contribution is -1.99. The summed E-state index contributed by atoms with van der Waals surface area (Å²) in [5.41, 5.74) is 1.80. The van der Waals surface area contributed by atoms with Crippen molar-refractivity contribution in [3.05, 3.63) is 16.5 Å². The van der Waals surface area contributed by atoms with E-state index in [1.807, 2.05) is 10.8 Å². The van der Waals surface area contributed by atoms with Crippen molar-refractivity contribution in [2.45, 2.75) is 26.3 Å². The number of aromatic amines is 1. The first-order valence-corrected chi connectivity index (χ1v) is 6.15. The first-order valence-electron chi connectivity index (χ1n) is 4.87. The number of rotatable bonds is 4. The molecule has 0 saturated heterocycles. The molecule has 0 spiro atoms. The van der Waals surface area contributed by atoms with E-state index in [1.54, 1.807) is 16.8 Å². The van der Waals surface area contributed by atoms with Gasteiger partial charge < -0.3 is 0 Å². The Bertz CT molecular complexity index is 469. The van der Waals surface area contributed by atoms with Crippen molar-refractivity contribution in [2.75, 3.05) is 0 Å². The van der Waals surface area contributed by atoms with Gasteiger partial charge in [-0.15, -0.1) is 11.3 Å². The monoisotopic (exact) mass is 240 g/mol. The highest BCUT2D eigenvalue weighted by molar-refractivity contribution is 7.71. The van der Waals surface area contributed by atoms with Gasteiger partial charge >= 0.3 is 0 Å². The maximum atomic E-state index is 5.19. The average Bonchev–Trinajstić information content (AvgIpc) is 2.84. The van der Waals surface area contributed by atoms with E-state index in [1.165, 1.54) is 0 Å². The molecule has 4 nitrogen and oxygen atoms in total. The van der Waals surface area contributed by atoms with Crippen molar-refractivity contribution in [2.24, 2.45) is 0 Å². The SMILES string of the molecule is CCCCn1c(-c2cncs2)n[nH]c1=S. The van der Waals surface area contributed by atoms with E-state index in [9.17, 15) is 0 Å². The molecule has 0 aliphatic carbocycles. The van der Waals surface area contributed by atoms with Crippen LogP contribution in [0.15, 0.2) is 11.7 Å². The molecule has 15 heavy (non-hydrogen) atoms. The van der Waals surface area contributed by atoms with Crippen molar-refractivity contribution in [1.82, 2.24) is 19.7 Å². The number of nitrogens with one attached hydrogen (secondary N) is 1. The Morgan fingerprint density at radius 3 is 3.13 bits per heavy atom. The number of hydrogen-bond donors (Lipinski definition) is 1. The molecule has 2 rings (SSSR count). The predicted molar refractivity (Wildman–Crippen MR) is 63.4 cm³/mol. The predicted octanol–water partition coefficient (Wildman–Crippen LogP) is 2.86. The Morgan fingerprint density at radius 1 is 1.60 bits per heavy atom. The fourth-order valence-corrected chi connectivity index (χ4v) is 2.20. The summed E-state index contributed by atoms with van der Waals surface area (Å²) in [4.78, 5) is 5.10. The molecule has 0 fully saturated rings. The standard InChI is InChI=1S/C9H12N4S2/c1-2-3-4-13-8(11-12-9(13)14)7-5-10-6-15-7/h5-6H,2-4H2,1H3,(H,12,14). The molecule has 2 aromatic heterocycles. The molecule has 80 valence electrons. The molecule has 0 saturated carbocycles. The minimum Gasteiger partial charge on any atom is -0.299 e. The van der Waals surface area contributed by atoms with Gasteiger partial charge in [-0.2, -0.15) is 5.10 Å². The third kappa shape index (κ3) is 2.15. The molecule has 6 heteroatoms. The van der Waals surface area contributed by atoms with E-state index >= 15 is 0 Å². The number of H-pyrrole nitrogens is 1. The van der Waals surface area contributed by atoms with Crippen molar-refractivity contribution < 1.29 is 0 Å². The molecule has 0 radical (unpaired) electrons. The Morgan fingerprint density at radius 2 is 2.47 bits per heavy atom. The van der Waals surface area contributed by atoms with Crippen LogP contribution in [0.25, 0.3) is 10.7 Å². The molecular formula is C9H12N4S2. The van der Waals surface area contributed by atoms with Crippen LogP contribution in [-0.2, 0) is 6.54 Å². The van der Waals surface area contributed by atoms with E-state index in [4.69, 9.17) is 12.2 Å². The summed E-state index contributed by atoms with van der Waals surface area (Å²) in [6.45, 7) is 3.08. The third-order valence-corrected chi connectivity index (χ3v) is 3.23. The lowest BCUT2D eigenvalue weighted by atomic mass is 10.3. The summed E-state index contributed by atoms with van der Waals surface area (Å²) in [6, 6.07) is 0. The zero-order valence-corrected chi connectivity index (χ0v) is 10.1. The molecule has 0 aliphatic heterocycles. The average molecular weight is 240 g/mol. The van der Waals surface area contributed by atoms with Gasteiger partial charge in [0.25, 0.3) is 0 Å². The minimum atomic E-state index is 0.687. The number of thiazole rings is 1. The first kappa shape index (κ1) is 10.5. The Kier molecular flexibility index (Phi) is 3.27. The summed E-state index contributed by atoms with van der Waals surface area (Å²) >= 11 is 6.77. The smallest absolute Gasteiger partial charge is 0.195 e. The van der Waals surface area contributed by atoms with Crippen molar-refractivity contribution in [3.63, 3.8) is 0 Å². The van der Waals surface area contributed by atoms with Crippen LogP contribution in [0.5, 0.6) is 0 Å². The second kappa shape index (κ2) is 4.67. The van der Waals surface area contributed by atoms with Gasteiger partial charge in [-0.1, -0.05) is 13.3 Å². The minimum absolute atomic E-state index is 0.687. The second-order valence-corrected chi connectivity index (χ2v) is 4.50. The van der Waals surface area contributed by atoms with E-state index in [0.717, 1.165) is 30.1 Å². The normalized spacial score (nSPS) is 10.7. The maximum Gasteiger partial charge on any atom is 0.195 e. The van der Waals surface area contributed by atoms with Crippen LogP contribution in [0.1, 0.15) is 19.8 Å². The third-order valence-electron chi connectivity index (χ3n) is 2.15. The topological polar surface area (TPSA) is 46.5 Å². The van der Waals surface area contributed by atoms with Crippen LogP contribution in [0, 0.1) is 4.77 Å². The zero-order chi connectivity index (χ0) is 10.7. The molecule has 1 N–H and O–H groups in total. The summed E-state index contributed by atoms with van der Waals surface area (Å²) in [5, 5.41) is 7.06. The molecule has 0 aromatic carbocycles. The van der Waals surface area contributed by atoms with Crippen molar-refractivity contribution in [3.8, 4) is 10.7 Å². The van der Waals surface area contributed by atoms with Crippen LogP contribution < -0.4 is 0 Å². The Labute approximate surface area is 97.0 Å². The van der Waals surface area contributed by atoms with Crippen molar-refractivity contribution in [1.29, 1.82) is 0 Å². The number of aromatic nitrogens is 4. The molecule has 0 amide bonds. The van der Waals surface area contributed by atoms with Gasteiger partial charge in [0.1, 0.15) is 0 Å². The molecule has 2 heterocycles. The van der Waals surface area contributed by atoms with Gasteiger partial charge in [-0.25, -0.2) is 0 Å². The van der Waals surface area contributed by atoms with Crippen LogP contribution in [-0.4, -0.2) is 19.7 Å². The largest absolute Gasteiger partial charge is 0.299 e. The highest BCUT2D eigenvalue weighted by Gasteiger charge is 2.09. The van der Waals surface area contributed by atoms with E-state index < -0.39 is 0 Å². The highest BCUT2D eigenvalue weighted by Crippen LogP contribution is 2.21. The summed E-state index contributed by atoms with van der Waals surface area (Å²) in [6.07, 6.45) is 4.08. The molecule has 0 unspecified atom stereocenters. The lowest BCUT2D eigenvalue weighted by Gasteiger charge is -2.02. The second-order valence-electron chi connectivity index (χ2n) is 3.22. The molecule has 0 aliphatic rings. The summed E-state index contributed by atoms with van der Waals surface area (Å²) < 4.78 is 2.72. The Balaban J connectivity index is 2.36. The fraction of sp³-hybridized carbons (Fsp3) is 0.444. The molecule has 0 atom stereocenters. The van der Waals surface area contributed by atoms with Gasteiger partial charge in [-0.05, 0) is 18.6 Å². The van der Waals surface area contributed by atoms with Crippen LogP contribution >= 0.6 is 23.6 Å². The van der Waals surface area contributed by atoms with Crippen LogP contribution in [0.3, 0.4) is 0 Å². The fourth-order valence-electron chi connectivity index (χ4n) is 1.36. The van der Waals surface area contributed by atoms with Gasteiger partial charge in [-0.3, -0.25) is 14.6 Å². The van der Waals surface area contributed by atoms with Gasteiger partial charge in [0.2, 0.25) is 0 Å². The van der Waals surface area contributed by atoms with Gasteiger partial charge in [0.15, 0.2) is 10.6 Å². The quantitative estimate of drug-likeness (QED) is 0.836. The number of hydrogen-bond acceptors (Lipinski definition) is 4. The lowest BCUT2D eigenvalue weighted by molar-refractivity contribution is 0.629. The Hall–Kier alpha value is -1.01. The summed E-state index contributed by atoms with van der Waals surface area (Å²) in [7, 11) is 0. The molecule has 0 bridgehead atoms. The number of unbranched alkanes of at least 4 members (excludes halogenated alkanes) is 1. The van der Waals surface area contributed by atoms with E-state index in [-0.39, 0.29) is 0 Å². The van der Waals surface area contributed by atoms with Crippen LogP contribution in [0.4, 0.5) is 0 Å². The van der Waals surface area contributed by atoms with Crippen molar-refractivity contribution >= 4 is 23.6 Å². The summed E-state index contributed by atoms with van der Waals surface area (Å²) in [5.74, 6) is 0.899. The first-order chi connectivity index (χ1) is 7.33. The van der Waals surface area contributed by atoms with Gasteiger partial charge in [0.05, 0.1) is 10.4 Å². The maximum absolute atomic E-state index is 5.19. The van der Waals surface area contributed by atoms with Crippen LogP contribution in [0.2, 0.25) is 0 Å². The highest BCUT2D eigenvalue weighted by atomic mass is 32.1. The zero-order valence-electron chi connectivity index (χ0n) is 8.43. The molecular weight excluding hydrogens is 228 g/mol. The van der Waals surface area contributed by atoms with E-state index in [2.05, 4.69) is 22.1 Å². The molecule has 2 aromatic rings.